The predicted octanol–water partition coefficient (Wildman–Crippen LogP) is -2.78. The summed E-state index contributed by atoms with van der Waals surface area (Å²) in [6.45, 7) is 10.00. The number of piperidine rings is 1. The molecule has 0 aromatic rings. The first-order chi connectivity index (χ1) is 15.9. The van der Waals surface area contributed by atoms with Gasteiger partial charge in [0, 0.05) is 57.9 Å². The monoisotopic (exact) mass is 465 g/mol. The molecule has 4 fully saturated rings. The number of nitrogens with one attached hydrogen (secondary N) is 4. The second-order valence-corrected chi connectivity index (χ2v) is 10.5. The van der Waals surface area contributed by atoms with Gasteiger partial charge in [-0.3, -0.25) is 14.5 Å². The van der Waals surface area contributed by atoms with E-state index < -0.39 is 0 Å². The summed E-state index contributed by atoms with van der Waals surface area (Å²) in [7, 11) is 0. The Morgan fingerprint density at radius 1 is 1.21 bits per heavy atom. The number of nitrogens with two attached hydrogens (primary N) is 1. The third-order valence-electron chi connectivity index (χ3n) is 7.80. The lowest BCUT2D eigenvalue weighted by Gasteiger charge is -2.39. The third-order valence-corrected chi connectivity index (χ3v) is 7.80. The molecule has 33 heavy (non-hydrogen) atoms. The molecule has 0 spiro atoms. The van der Waals surface area contributed by atoms with Crippen LogP contribution in [-0.4, -0.2) is 104 Å². The highest BCUT2D eigenvalue weighted by Crippen LogP contribution is 2.13. The van der Waals surface area contributed by atoms with Crippen LogP contribution in [0, 0.1) is 0 Å². The number of amides is 4. The van der Waals surface area contributed by atoms with Crippen LogP contribution < -0.4 is 26.2 Å². The highest BCUT2D eigenvalue weighted by atomic mass is 16.2. The number of piperazine rings is 2. The normalized spacial score (nSPS) is 32.9. The predicted molar refractivity (Wildman–Crippen MR) is 123 cm³/mol. The van der Waals surface area contributed by atoms with Gasteiger partial charge in [-0.15, -0.1) is 0 Å². The number of quaternary nitrogens is 2. The number of urea groups is 1. The number of hydrogen-bond donors (Lipinski definition) is 5. The zero-order chi connectivity index (χ0) is 23.4. The minimum absolute atomic E-state index is 0.0181. The molecule has 4 saturated heterocycles. The zero-order valence-corrected chi connectivity index (χ0v) is 20.3. The fraction of sp³-hybridized carbons (Fsp3) is 0.870. The Morgan fingerprint density at radius 2 is 2.00 bits per heavy atom. The van der Waals surface area contributed by atoms with Crippen molar-refractivity contribution in [3.8, 4) is 0 Å². The van der Waals surface area contributed by atoms with E-state index in [4.69, 9.17) is 0 Å². The van der Waals surface area contributed by atoms with E-state index in [9.17, 15) is 14.4 Å². The molecule has 4 amide bonds. The van der Waals surface area contributed by atoms with Crippen molar-refractivity contribution in [2.45, 2.75) is 82.7 Å². The molecule has 4 aliphatic rings. The van der Waals surface area contributed by atoms with E-state index in [1.165, 1.54) is 30.7 Å². The van der Waals surface area contributed by atoms with E-state index in [1.54, 1.807) is 0 Å². The molecule has 0 aliphatic carbocycles. The standard InChI is InChI=1S/C23H41N7O3/c1-16(2)26-23(33)27-17-13-19-22(32)25-14-18(30(19)15-17)6-7-21(31)29-11-9-28(10-12-29)20-5-3-4-8-24-20/h16-20,24H,3-15H2,1-2H3,(H,25,32)(H2,26,27,33)/p+2/t17-,18-,19+,20?/m1/s1. The van der Waals surface area contributed by atoms with Gasteiger partial charge in [0.1, 0.15) is 12.2 Å². The van der Waals surface area contributed by atoms with Crippen molar-refractivity contribution in [2.24, 2.45) is 0 Å². The number of carbonyl (C=O) groups excluding carboxylic acids is 3. The quantitative estimate of drug-likeness (QED) is 0.292. The van der Waals surface area contributed by atoms with E-state index in [0.717, 1.165) is 39.1 Å². The molecule has 6 N–H and O–H groups in total. The maximum atomic E-state index is 12.9. The van der Waals surface area contributed by atoms with Gasteiger partial charge in [0.15, 0.2) is 6.04 Å². The second kappa shape index (κ2) is 11.0. The maximum Gasteiger partial charge on any atom is 0.315 e. The first-order valence-corrected chi connectivity index (χ1v) is 13.0. The molecule has 4 rings (SSSR count). The molecule has 0 saturated carbocycles. The van der Waals surface area contributed by atoms with Crippen molar-refractivity contribution in [1.82, 2.24) is 25.8 Å². The minimum Gasteiger partial charge on any atom is -0.345 e. The van der Waals surface area contributed by atoms with E-state index in [0.29, 0.717) is 25.6 Å². The molecule has 5 atom stereocenters. The Bertz CT molecular complexity index is 704. The summed E-state index contributed by atoms with van der Waals surface area (Å²) < 4.78 is 0. The average Bonchev–Trinajstić information content (AvgIpc) is 3.23. The fourth-order valence-electron chi connectivity index (χ4n) is 6.05. The molecule has 0 bridgehead atoms. The Balaban J connectivity index is 1.23. The number of fused-ring (bicyclic) bond motifs is 1. The third kappa shape index (κ3) is 6.16. The Morgan fingerprint density at radius 3 is 2.70 bits per heavy atom. The van der Waals surface area contributed by atoms with Gasteiger partial charge >= 0.3 is 6.03 Å². The molecule has 4 heterocycles. The van der Waals surface area contributed by atoms with Gasteiger partial charge in [-0.05, 0) is 26.7 Å². The summed E-state index contributed by atoms with van der Waals surface area (Å²) >= 11 is 0. The SMILES string of the molecule is CC(C)NC(=O)N[C@@H]1C[C@H]2C(=O)NC[C@@H](CCC(=O)N3CCN(C4CCCC[NH2+]4)CC3)[NH+]2C1. The number of rotatable bonds is 6. The van der Waals surface area contributed by atoms with E-state index >= 15 is 0 Å². The van der Waals surface area contributed by atoms with E-state index in [-0.39, 0.29) is 42.0 Å². The van der Waals surface area contributed by atoms with Crippen LogP contribution in [0.2, 0.25) is 0 Å². The topological polar surface area (TPSA) is 115 Å². The first-order valence-electron chi connectivity index (χ1n) is 13.0. The lowest BCUT2D eigenvalue weighted by molar-refractivity contribution is -0.930. The van der Waals surface area contributed by atoms with Crippen molar-refractivity contribution in [3.63, 3.8) is 0 Å². The van der Waals surface area contributed by atoms with Crippen molar-refractivity contribution in [1.29, 1.82) is 0 Å². The van der Waals surface area contributed by atoms with Crippen LogP contribution in [0.1, 0.15) is 52.4 Å². The maximum absolute atomic E-state index is 12.9. The lowest BCUT2D eigenvalue weighted by atomic mass is 10.0. The lowest BCUT2D eigenvalue weighted by Crippen LogP contribution is -3.21. The van der Waals surface area contributed by atoms with Crippen LogP contribution in [0.15, 0.2) is 0 Å². The zero-order valence-electron chi connectivity index (χ0n) is 20.3. The van der Waals surface area contributed by atoms with Crippen molar-refractivity contribution in [3.05, 3.63) is 0 Å². The Labute approximate surface area is 197 Å². The molecular weight excluding hydrogens is 422 g/mol. The summed E-state index contributed by atoms with van der Waals surface area (Å²) in [6, 6.07) is -0.0406. The van der Waals surface area contributed by atoms with Gasteiger partial charge in [0.25, 0.3) is 5.91 Å². The number of nitrogens with zero attached hydrogens (tertiary/aromatic N) is 2. The summed E-state index contributed by atoms with van der Waals surface area (Å²) in [5.41, 5.74) is 0. The molecule has 0 aromatic heterocycles. The van der Waals surface area contributed by atoms with Crippen LogP contribution in [-0.2, 0) is 9.59 Å². The highest BCUT2D eigenvalue weighted by Gasteiger charge is 2.48. The fourth-order valence-corrected chi connectivity index (χ4v) is 6.05. The molecule has 10 nitrogen and oxygen atoms in total. The van der Waals surface area contributed by atoms with Gasteiger partial charge in [-0.1, -0.05) is 0 Å². The minimum atomic E-state index is -0.175. The molecular formula is C23H43N7O3+2. The van der Waals surface area contributed by atoms with Crippen LogP contribution in [0.25, 0.3) is 0 Å². The molecule has 0 radical (unpaired) electrons. The van der Waals surface area contributed by atoms with Crippen LogP contribution >= 0.6 is 0 Å². The largest absolute Gasteiger partial charge is 0.345 e. The smallest absolute Gasteiger partial charge is 0.315 e. The number of carbonyl (C=O) groups is 3. The highest BCUT2D eigenvalue weighted by molar-refractivity contribution is 5.81. The molecule has 0 aromatic carbocycles. The molecule has 10 heteroatoms. The van der Waals surface area contributed by atoms with Crippen LogP contribution in [0.3, 0.4) is 0 Å². The van der Waals surface area contributed by atoms with Gasteiger partial charge in [0.2, 0.25) is 5.91 Å². The van der Waals surface area contributed by atoms with Crippen molar-refractivity contribution in [2.75, 3.05) is 45.8 Å². The van der Waals surface area contributed by atoms with Crippen LogP contribution in [0.4, 0.5) is 4.79 Å². The second-order valence-electron chi connectivity index (χ2n) is 10.5. The molecule has 2 unspecified atom stereocenters. The summed E-state index contributed by atoms with van der Waals surface area (Å²) in [6.07, 6.45) is 6.44. The van der Waals surface area contributed by atoms with Crippen molar-refractivity contribution >= 4 is 17.8 Å². The summed E-state index contributed by atoms with van der Waals surface area (Å²) in [5.74, 6) is 0.303. The molecule has 186 valence electrons. The summed E-state index contributed by atoms with van der Waals surface area (Å²) in [4.78, 5) is 43.3. The van der Waals surface area contributed by atoms with E-state index in [1.807, 2.05) is 18.7 Å². The van der Waals surface area contributed by atoms with Crippen molar-refractivity contribution < 1.29 is 24.6 Å². The van der Waals surface area contributed by atoms with Gasteiger partial charge in [-0.2, -0.15) is 0 Å². The van der Waals surface area contributed by atoms with Gasteiger partial charge in [-0.25, -0.2) is 4.79 Å². The Kier molecular flexibility index (Phi) is 8.08. The van der Waals surface area contributed by atoms with Gasteiger partial charge < -0.3 is 31.1 Å². The summed E-state index contributed by atoms with van der Waals surface area (Å²) in [5, 5.41) is 11.4. The average molecular weight is 466 g/mol. The van der Waals surface area contributed by atoms with Gasteiger partial charge in [0.05, 0.1) is 25.7 Å². The van der Waals surface area contributed by atoms with E-state index in [2.05, 4.69) is 26.2 Å². The first kappa shape index (κ1) is 24.2. The Hall–Kier alpha value is -1.91. The van der Waals surface area contributed by atoms with Crippen LogP contribution in [0.5, 0.6) is 0 Å². The molecule has 4 aliphatic heterocycles. The number of hydrogen-bond acceptors (Lipinski definition) is 4.